The smallest absolute Gasteiger partial charge is 0.314 e. The van der Waals surface area contributed by atoms with Crippen LogP contribution in [-0.2, 0) is 14.4 Å². The molecule has 0 fully saturated rings. The van der Waals surface area contributed by atoms with Gasteiger partial charge in [0.25, 0.3) is 0 Å². The molecule has 0 saturated carbocycles. The second kappa shape index (κ2) is 8.64. The quantitative estimate of drug-likeness (QED) is 0.436. The van der Waals surface area contributed by atoms with E-state index >= 15 is 0 Å². The minimum atomic E-state index is -1.02. The standard InChI is InChI=1S/C6H10O3.C5H8O2/c1-3-5(4(2)7)6(8)9;1-4(6)3-5(2)7/h5H,3H2,1-2H3,(H,8,9);3,6H,1-2H3/b;4-3-. The predicted octanol–water partition coefficient (Wildman–Crippen LogP) is 1.72. The van der Waals surface area contributed by atoms with Gasteiger partial charge in [0.15, 0.2) is 5.78 Å². The van der Waals surface area contributed by atoms with Crippen molar-refractivity contribution in [2.45, 2.75) is 34.1 Å². The highest BCUT2D eigenvalue weighted by atomic mass is 16.4. The third-order valence-corrected chi connectivity index (χ3v) is 1.61. The number of Topliss-reactive ketones (excluding diaryl/α,β-unsaturated/α-hetero) is 1. The first kappa shape index (κ1) is 16.8. The Hall–Kier alpha value is -1.65. The van der Waals surface area contributed by atoms with Crippen LogP contribution in [0, 0.1) is 5.92 Å². The lowest BCUT2D eigenvalue weighted by molar-refractivity contribution is -0.145. The number of carbonyl (C=O) groups is 3. The van der Waals surface area contributed by atoms with Gasteiger partial charge in [0.2, 0.25) is 0 Å². The van der Waals surface area contributed by atoms with Crippen LogP contribution < -0.4 is 0 Å². The number of aliphatic hydroxyl groups is 1. The van der Waals surface area contributed by atoms with Crippen LogP contribution in [-0.4, -0.2) is 27.7 Å². The number of allylic oxidation sites excluding steroid dienone is 2. The lowest BCUT2D eigenvalue weighted by Gasteiger charge is -2.01. The summed E-state index contributed by atoms with van der Waals surface area (Å²) in [5, 5.41) is 16.7. The number of carbonyl (C=O) groups excluding carboxylic acids is 2. The van der Waals surface area contributed by atoms with Gasteiger partial charge in [0.05, 0.1) is 5.76 Å². The Bertz CT molecular complexity index is 273. The fourth-order valence-electron chi connectivity index (χ4n) is 0.930. The number of carboxylic acids is 1. The molecule has 1 atom stereocenters. The maximum atomic E-state index is 10.4. The lowest BCUT2D eigenvalue weighted by atomic mass is 10.0. The van der Waals surface area contributed by atoms with Gasteiger partial charge in [-0.15, -0.1) is 0 Å². The van der Waals surface area contributed by atoms with Gasteiger partial charge < -0.3 is 10.2 Å². The van der Waals surface area contributed by atoms with Crippen molar-refractivity contribution in [1.82, 2.24) is 0 Å². The minimum absolute atomic E-state index is 0.0625. The molecular formula is C11H18O5. The van der Waals surface area contributed by atoms with Gasteiger partial charge in [-0.1, -0.05) is 6.92 Å². The first-order valence-corrected chi connectivity index (χ1v) is 4.83. The molecule has 0 aromatic rings. The van der Waals surface area contributed by atoms with Crippen molar-refractivity contribution >= 4 is 17.5 Å². The summed E-state index contributed by atoms with van der Waals surface area (Å²) in [6.45, 7) is 5.82. The summed E-state index contributed by atoms with van der Waals surface area (Å²) in [6, 6.07) is 0. The third-order valence-electron chi connectivity index (χ3n) is 1.61. The summed E-state index contributed by atoms with van der Waals surface area (Å²) in [4.78, 5) is 30.6. The van der Waals surface area contributed by atoms with E-state index in [9.17, 15) is 14.4 Å². The molecule has 0 heterocycles. The van der Waals surface area contributed by atoms with E-state index in [1.165, 1.54) is 26.8 Å². The van der Waals surface area contributed by atoms with Crippen LogP contribution in [0.1, 0.15) is 34.1 Å². The van der Waals surface area contributed by atoms with Crippen LogP contribution in [0.2, 0.25) is 0 Å². The summed E-state index contributed by atoms with van der Waals surface area (Å²) in [6.07, 6.45) is 1.55. The molecule has 0 rings (SSSR count). The Morgan fingerprint density at radius 1 is 1.12 bits per heavy atom. The molecule has 5 nitrogen and oxygen atoms in total. The van der Waals surface area contributed by atoms with Crippen LogP contribution in [0.25, 0.3) is 0 Å². The summed E-state index contributed by atoms with van der Waals surface area (Å²) < 4.78 is 0. The van der Waals surface area contributed by atoms with Gasteiger partial charge in [-0.3, -0.25) is 14.4 Å². The zero-order valence-electron chi connectivity index (χ0n) is 9.98. The molecule has 2 N–H and O–H groups in total. The normalized spacial score (nSPS) is 12.1. The molecule has 0 aliphatic rings. The molecule has 0 aliphatic heterocycles. The molecule has 0 aromatic heterocycles. The van der Waals surface area contributed by atoms with Crippen molar-refractivity contribution in [3.8, 4) is 0 Å². The highest BCUT2D eigenvalue weighted by molar-refractivity contribution is 5.96. The maximum absolute atomic E-state index is 10.4. The van der Waals surface area contributed by atoms with E-state index in [-0.39, 0.29) is 17.3 Å². The number of aliphatic hydroxyl groups excluding tert-OH is 1. The first-order chi connectivity index (χ1) is 7.22. The van der Waals surface area contributed by atoms with E-state index in [4.69, 9.17) is 10.2 Å². The number of carboxylic acid groups (broad SMARTS) is 1. The summed E-state index contributed by atoms with van der Waals surface area (Å²) in [5.74, 6) is -2.16. The van der Waals surface area contributed by atoms with Gasteiger partial charge in [-0.25, -0.2) is 0 Å². The molecule has 0 amide bonds. The van der Waals surface area contributed by atoms with Crippen LogP contribution in [0.4, 0.5) is 0 Å². The fraction of sp³-hybridized carbons (Fsp3) is 0.545. The third kappa shape index (κ3) is 10.4. The summed E-state index contributed by atoms with van der Waals surface area (Å²) in [7, 11) is 0. The zero-order chi connectivity index (χ0) is 13.3. The summed E-state index contributed by atoms with van der Waals surface area (Å²) >= 11 is 0. The van der Waals surface area contributed by atoms with E-state index in [1.807, 2.05) is 0 Å². The van der Waals surface area contributed by atoms with Crippen molar-refractivity contribution in [3.63, 3.8) is 0 Å². The maximum Gasteiger partial charge on any atom is 0.314 e. The topological polar surface area (TPSA) is 91.7 Å². The molecule has 0 bridgehead atoms. The Kier molecular flexibility index (Phi) is 9.06. The van der Waals surface area contributed by atoms with E-state index in [2.05, 4.69) is 0 Å². The molecule has 0 aromatic carbocycles. The number of hydrogen-bond acceptors (Lipinski definition) is 4. The number of rotatable bonds is 4. The molecule has 92 valence electrons. The highest BCUT2D eigenvalue weighted by Gasteiger charge is 2.19. The van der Waals surface area contributed by atoms with Crippen molar-refractivity contribution in [1.29, 1.82) is 0 Å². The van der Waals surface area contributed by atoms with E-state index in [0.29, 0.717) is 6.42 Å². The molecule has 0 spiro atoms. The van der Waals surface area contributed by atoms with Crippen LogP contribution in [0.5, 0.6) is 0 Å². The van der Waals surface area contributed by atoms with Gasteiger partial charge in [0, 0.05) is 6.08 Å². The predicted molar refractivity (Wildman–Crippen MR) is 59.2 cm³/mol. The summed E-state index contributed by atoms with van der Waals surface area (Å²) in [5.41, 5.74) is 0. The number of hydrogen-bond donors (Lipinski definition) is 2. The first-order valence-electron chi connectivity index (χ1n) is 4.83. The van der Waals surface area contributed by atoms with E-state index in [1.54, 1.807) is 6.92 Å². The van der Waals surface area contributed by atoms with Gasteiger partial charge in [-0.05, 0) is 27.2 Å². The van der Waals surface area contributed by atoms with Crippen molar-refractivity contribution in [2.24, 2.45) is 5.92 Å². The molecule has 16 heavy (non-hydrogen) atoms. The van der Waals surface area contributed by atoms with Crippen LogP contribution >= 0.6 is 0 Å². The van der Waals surface area contributed by atoms with Crippen molar-refractivity contribution in [3.05, 3.63) is 11.8 Å². The molecule has 5 heteroatoms. The Morgan fingerprint density at radius 2 is 1.56 bits per heavy atom. The average molecular weight is 230 g/mol. The number of ketones is 2. The molecule has 0 radical (unpaired) electrons. The largest absolute Gasteiger partial charge is 0.512 e. The number of aliphatic carboxylic acids is 1. The molecule has 1 unspecified atom stereocenters. The fourth-order valence-corrected chi connectivity index (χ4v) is 0.930. The minimum Gasteiger partial charge on any atom is -0.512 e. The van der Waals surface area contributed by atoms with Gasteiger partial charge in [-0.2, -0.15) is 0 Å². The van der Waals surface area contributed by atoms with Gasteiger partial charge in [0.1, 0.15) is 11.7 Å². The Morgan fingerprint density at radius 3 is 1.56 bits per heavy atom. The van der Waals surface area contributed by atoms with Crippen molar-refractivity contribution in [2.75, 3.05) is 0 Å². The van der Waals surface area contributed by atoms with Crippen LogP contribution in [0.15, 0.2) is 11.8 Å². The zero-order valence-corrected chi connectivity index (χ0v) is 9.98. The SMILES string of the molecule is CC(=O)/C=C(/C)O.CCC(C(C)=O)C(=O)O. The van der Waals surface area contributed by atoms with E-state index < -0.39 is 11.9 Å². The Labute approximate surface area is 94.8 Å². The van der Waals surface area contributed by atoms with Gasteiger partial charge >= 0.3 is 5.97 Å². The average Bonchev–Trinajstić information content (AvgIpc) is 2.01. The van der Waals surface area contributed by atoms with E-state index in [0.717, 1.165) is 0 Å². The second-order valence-electron chi connectivity index (χ2n) is 3.31. The van der Waals surface area contributed by atoms with Crippen molar-refractivity contribution < 1.29 is 24.6 Å². The highest BCUT2D eigenvalue weighted by Crippen LogP contribution is 2.02. The second-order valence-corrected chi connectivity index (χ2v) is 3.31. The Balaban J connectivity index is 0. The lowest BCUT2D eigenvalue weighted by Crippen LogP contribution is -2.19. The molecular weight excluding hydrogens is 212 g/mol. The molecule has 0 aliphatic carbocycles. The van der Waals surface area contributed by atoms with Crippen LogP contribution in [0.3, 0.4) is 0 Å². The molecule has 0 saturated heterocycles. The monoisotopic (exact) mass is 230 g/mol.